The van der Waals surface area contributed by atoms with Crippen molar-refractivity contribution < 1.29 is 5.11 Å². The second-order valence-corrected chi connectivity index (χ2v) is 5.38. The summed E-state index contributed by atoms with van der Waals surface area (Å²) in [6.45, 7) is 0.936. The van der Waals surface area contributed by atoms with Gasteiger partial charge in [0.2, 0.25) is 0 Å². The number of benzene rings is 1. The van der Waals surface area contributed by atoms with Crippen molar-refractivity contribution in [3.63, 3.8) is 0 Å². The van der Waals surface area contributed by atoms with Crippen molar-refractivity contribution in [2.75, 3.05) is 11.9 Å². The highest BCUT2D eigenvalue weighted by molar-refractivity contribution is 9.10. The lowest BCUT2D eigenvalue weighted by molar-refractivity contribution is 0.268. The van der Waals surface area contributed by atoms with Gasteiger partial charge in [-0.2, -0.15) is 0 Å². The van der Waals surface area contributed by atoms with Crippen LogP contribution < -0.4 is 5.32 Å². The molecule has 0 saturated heterocycles. The molecule has 2 rings (SSSR count). The Kier molecular flexibility index (Phi) is 5.04. The van der Waals surface area contributed by atoms with Gasteiger partial charge in [-0.3, -0.25) is 0 Å². The number of aliphatic hydroxyl groups is 1. The summed E-state index contributed by atoms with van der Waals surface area (Å²) in [6.07, 6.45) is 1.76. The minimum atomic E-state index is 0.0321. The first kappa shape index (κ1) is 14.6. The fourth-order valence-corrected chi connectivity index (χ4v) is 2.32. The Balaban J connectivity index is 2.04. The van der Waals surface area contributed by atoms with Crippen LogP contribution in [0.1, 0.15) is 5.69 Å². The lowest BCUT2D eigenvalue weighted by Crippen LogP contribution is -2.02. The number of nitrogens with zero attached hydrogens (tertiary/aromatic N) is 3. The van der Waals surface area contributed by atoms with E-state index in [0.717, 1.165) is 15.9 Å². The molecule has 1 aromatic heterocycles. The first-order valence-electron chi connectivity index (χ1n) is 5.49. The van der Waals surface area contributed by atoms with E-state index in [-0.39, 0.29) is 6.61 Å². The number of halogens is 3. The summed E-state index contributed by atoms with van der Waals surface area (Å²) < 4.78 is 2.33. The molecule has 19 heavy (non-hydrogen) atoms. The largest absolute Gasteiger partial charge is 0.394 e. The highest BCUT2D eigenvalue weighted by atomic mass is 79.9. The van der Waals surface area contributed by atoms with Crippen LogP contribution >= 0.6 is 39.1 Å². The first-order valence-corrected chi connectivity index (χ1v) is 7.04. The van der Waals surface area contributed by atoms with Gasteiger partial charge in [-0.05, 0) is 28.1 Å². The fraction of sp³-hybridized carbons (Fsp3) is 0.273. The van der Waals surface area contributed by atoms with E-state index in [4.69, 9.17) is 28.3 Å². The van der Waals surface area contributed by atoms with Crippen LogP contribution in [-0.4, -0.2) is 26.7 Å². The SMILES string of the molecule is OCCn1cc(CNc2ccc(Br)c(Cl)c2Cl)nn1. The number of anilines is 1. The van der Waals surface area contributed by atoms with Crippen LogP contribution in [0, 0.1) is 0 Å². The molecule has 1 aromatic carbocycles. The summed E-state index contributed by atoms with van der Waals surface area (Å²) in [6, 6.07) is 3.65. The molecule has 8 heteroatoms. The van der Waals surface area contributed by atoms with Gasteiger partial charge >= 0.3 is 0 Å². The van der Waals surface area contributed by atoms with Crippen LogP contribution in [0.25, 0.3) is 0 Å². The third kappa shape index (κ3) is 3.60. The van der Waals surface area contributed by atoms with E-state index in [9.17, 15) is 0 Å². The molecule has 0 radical (unpaired) electrons. The Labute approximate surface area is 128 Å². The van der Waals surface area contributed by atoms with Gasteiger partial charge in [0.05, 0.1) is 41.6 Å². The molecule has 5 nitrogen and oxygen atoms in total. The average Bonchev–Trinajstić information content (AvgIpc) is 2.83. The highest BCUT2D eigenvalue weighted by Crippen LogP contribution is 2.35. The van der Waals surface area contributed by atoms with Gasteiger partial charge in [0.25, 0.3) is 0 Å². The van der Waals surface area contributed by atoms with Gasteiger partial charge in [-0.25, -0.2) is 4.68 Å². The molecule has 0 fully saturated rings. The zero-order valence-electron chi connectivity index (χ0n) is 9.78. The molecular weight excluding hydrogens is 355 g/mol. The molecule has 0 saturated carbocycles. The molecule has 0 unspecified atom stereocenters. The van der Waals surface area contributed by atoms with Crippen LogP contribution in [0.5, 0.6) is 0 Å². The molecule has 0 aliphatic rings. The lowest BCUT2D eigenvalue weighted by Gasteiger charge is -2.08. The van der Waals surface area contributed by atoms with Gasteiger partial charge in [0.1, 0.15) is 5.69 Å². The third-order valence-electron chi connectivity index (χ3n) is 2.41. The maximum absolute atomic E-state index is 8.79. The zero-order chi connectivity index (χ0) is 13.8. The average molecular weight is 366 g/mol. The van der Waals surface area contributed by atoms with Gasteiger partial charge in [0.15, 0.2) is 0 Å². The molecule has 2 aromatic rings. The van der Waals surface area contributed by atoms with Crippen molar-refractivity contribution in [2.45, 2.75) is 13.1 Å². The summed E-state index contributed by atoms with van der Waals surface area (Å²) in [7, 11) is 0. The monoisotopic (exact) mass is 364 g/mol. The number of rotatable bonds is 5. The summed E-state index contributed by atoms with van der Waals surface area (Å²) >= 11 is 15.5. The maximum atomic E-state index is 8.79. The van der Waals surface area contributed by atoms with E-state index >= 15 is 0 Å². The molecule has 1 heterocycles. The van der Waals surface area contributed by atoms with Gasteiger partial charge in [-0.1, -0.05) is 28.4 Å². The molecule has 0 aliphatic heterocycles. The van der Waals surface area contributed by atoms with Crippen molar-refractivity contribution in [3.05, 3.63) is 38.5 Å². The van der Waals surface area contributed by atoms with E-state index in [1.165, 1.54) is 0 Å². The van der Waals surface area contributed by atoms with Crippen molar-refractivity contribution in [1.82, 2.24) is 15.0 Å². The smallest absolute Gasteiger partial charge is 0.102 e. The Bertz CT molecular complexity index is 576. The minimum Gasteiger partial charge on any atom is -0.394 e. The summed E-state index contributed by atoms with van der Waals surface area (Å²) in [4.78, 5) is 0. The summed E-state index contributed by atoms with van der Waals surface area (Å²) in [5, 5.41) is 20.7. The van der Waals surface area contributed by atoms with Crippen LogP contribution in [0.2, 0.25) is 10.0 Å². The molecule has 102 valence electrons. The number of aromatic nitrogens is 3. The molecule has 0 aliphatic carbocycles. The van der Waals surface area contributed by atoms with Crippen LogP contribution in [-0.2, 0) is 13.1 Å². The fourth-order valence-electron chi connectivity index (χ4n) is 1.48. The van der Waals surface area contributed by atoms with Gasteiger partial charge < -0.3 is 10.4 Å². The third-order valence-corrected chi connectivity index (χ3v) is 4.18. The normalized spacial score (nSPS) is 10.7. The second-order valence-electron chi connectivity index (χ2n) is 3.77. The van der Waals surface area contributed by atoms with E-state index in [1.54, 1.807) is 10.9 Å². The van der Waals surface area contributed by atoms with Crippen LogP contribution in [0.15, 0.2) is 22.8 Å². The molecular formula is C11H11BrCl2N4O. The van der Waals surface area contributed by atoms with Crippen molar-refractivity contribution in [2.24, 2.45) is 0 Å². The quantitative estimate of drug-likeness (QED) is 0.799. The number of nitrogens with one attached hydrogen (secondary N) is 1. The standard InChI is InChI=1S/C11H11BrCl2N4O/c12-8-1-2-9(11(14)10(8)13)15-5-7-6-18(3-4-19)17-16-7/h1-2,6,15,19H,3-5H2. The molecule has 0 bridgehead atoms. The zero-order valence-corrected chi connectivity index (χ0v) is 12.9. The van der Waals surface area contributed by atoms with Crippen molar-refractivity contribution >= 4 is 44.8 Å². The van der Waals surface area contributed by atoms with Crippen LogP contribution in [0.3, 0.4) is 0 Å². The van der Waals surface area contributed by atoms with Crippen molar-refractivity contribution in [1.29, 1.82) is 0 Å². The predicted molar refractivity (Wildman–Crippen MR) is 78.6 cm³/mol. The number of hydrogen-bond donors (Lipinski definition) is 2. The first-order chi connectivity index (χ1) is 9.11. The minimum absolute atomic E-state index is 0.0321. The van der Waals surface area contributed by atoms with Gasteiger partial charge in [0, 0.05) is 4.47 Å². The Morgan fingerprint density at radius 3 is 2.84 bits per heavy atom. The summed E-state index contributed by atoms with van der Waals surface area (Å²) in [5.74, 6) is 0. The number of hydrogen-bond acceptors (Lipinski definition) is 4. The van der Waals surface area contributed by atoms with Crippen molar-refractivity contribution in [3.8, 4) is 0 Å². The topological polar surface area (TPSA) is 63.0 Å². The molecule has 2 N–H and O–H groups in total. The number of aliphatic hydroxyl groups excluding tert-OH is 1. The highest BCUT2D eigenvalue weighted by Gasteiger charge is 2.08. The predicted octanol–water partition coefficient (Wildman–Crippen LogP) is 2.95. The molecule has 0 atom stereocenters. The van der Waals surface area contributed by atoms with E-state index < -0.39 is 0 Å². The Morgan fingerprint density at radius 2 is 2.11 bits per heavy atom. The van der Waals surface area contributed by atoms with E-state index in [1.807, 2.05) is 12.1 Å². The Hall–Kier alpha value is -0.820. The van der Waals surface area contributed by atoms with E-state index in [2.05, 4.69) is 31.6 Å². The molecule has 0 amide bonds. The Morgan fingerprint density at radius 1 is 1.32 bits per heavy atom. The maximum Gasteiger partial charge on any atom is 0.102 e. The van der Waals surface area contributed by atoms with E-state index in [0.29, 0.717) is 23.1 Å². The summed E-state index contributed by atoms with van der Waals surface area (Å²) in [5.41, 5.74) is 1.48. The lowest BCUT2D eigenvalue weighted by atomic mass is 10.3. The van der Waals surface area contributed by atoms with Gasteiger partial charge in [-0.15, -0.1) is 5.10 Å². The molecule has 0 spiro atoms. The van der Waals surface area contributed by atoms with Crippen LogP contribution in [0.4, 0.5) is 5.69 Å². The second kappa shape index (κ2) is 6.56.